The minimum absolute atomic E-state index is 0. The zero-order valence-corrected chi connectivity index (χ0v) is 18.8. The fourth-order valence-electron chi connectivity index (χ4n) is 3.11. The van der Waals surface area contributed by atoms with Crippen LogP contribution in [0.2, 0.25) is 10.0 Å². The molecule has 1 fully saturated rings. The molecule has 8 heteroatoms. The molecule has 1 N–H and O–H groups in total. The Balaban J connectivity index is 0.00000196. The van der Waals surface area contributed by atoms with E-state index in [2.05, 4.69) is 15.9 Å². The van der Waals surface area contributed by atoms with Crippen molar-refractivity contribution in [3.63, 3.8) is 0 Å². The average Bonchev–Trinajstić information content (AvgIpc) is 2.63. The summed E-state index contributed by atoms with van der Waals surface area (Å²) in [6.07, 6.45) is -0.524. The quantitative estimate of drug-likeness (QED) is 0.667. The van der Waals surface area contributed by atoms with E-state index >= 15 is 0 Å². The van der Waals surface area contributed by atoms with Crippen molar-refractivity contribution in [2.75, 3.05) is 44.2 Å². The van der Waals surface area contributed by atoms with Crippen LogP contribution in [0.3, 0.4) is 0 Å². The van der Waals surface area contributed by atoms with Crippen molar-refractivity contribution in [1.82, 2.24) is 4.90 Å². The van der Waals surface area contributed by atoms with Gasteiger partial charge in [0, 0.05) is 48.5 Å². The van der Waals surface area contributed by atoms with E-state index in [9.17, 15) is 5.11 Å². The van der Waals surface area contributed by atoms with Gasteiger partial charge in [0.2, 0.25) is 0 Å². The number of ether oxygens (including phenoxy) is 1. The molecule has 4 nitrogen and oxygen atoms in total. The predicted molar refractivity (Wildman–Crippen MR) is 122 cm³/mol. The number of hydrogen-bond acceptors (Lipinski definition) is 4. The molecule has 2 aromatic rings. The smallest absolute Gasteiger partial charge is 0.119 e. The Labute approximate surface area is 189 Å². The van der Waals surface area contributed by atoms with Crippen LogP contribution < -0.4 is 9.64 Å². The van der Waals surface area contributed by atoms with Crippen molar-refractivity contribution < 1.29 is 9.84 Å². The number of aliphatic hydroxyl groups excluding tert-OH is 1. The van der Waals surface area contributed by atoms with Crippen molar-refractivity contribution >= 4 is 53.7 Å². The topological polar surface area (TPSA) is 35.9 Å². The molecule has 0 radical (unpaired) electrons. The van der Waals surface area contributed by atoms with E-state index in [0.29, 0.717) is 6.54 Å². The largest absolute Gasteiger partial charge is 0.491 e. The lowest BCUT2D eigenvalue weighted by Crippen LogP contribution is -2.49. The van der Waals surface area contributed by atoms with Crippen LogP contribution in [-0.4, -0.2) is 55.4 Å². The van der Waals surface area contributed by atoms with Gasteiger partial charge in [0.1, 0.15) is 18.5 Å². The van der Waals surface area contributed by atoms with Gasteiger partial charge in [-0.25, -0.2) is 0 Å². The summed E-state index contributed by atoms with van der Waals surface area (Å²) < 4.78 is 5.69. The molecule has 1 heterocycles. The number of β-amino-alcohol motifs (C(OH)–C–C–N with tert-alkyl or cyclic N) is 1. The summed E-state index contributed by atoms with van der Waals surface area (Å²) in [6, 6.07) is 13.5. The Bertz CT molecular complexity index is 740. The van der Waals surface area contributed by atoms with Gasteiger partial charge in [-0.15, -0.1) is 24.8 Å². The number of halogens is 4. The van der Waals surface area contributed by atoms with Gasteiger partial charge in [0.25, 0.3) is 0 Å². The molecule has 0 saturated carbocycles. The molecule has 1 atom stereocenters. The summed E-state index contributed by atoms with van der Waals surface area (Å²) in [5.74, 6) is 0.733. The fourth-order valence-corrected chi connectivity index (χ4v) is 3.41. The second-order valence-corrected chi connectivity index (χ2v) is 7.49. The zero-order valence-electron chi connectivity index (χ0n) is 15.7. The average molecular weight is 468 g/mol. The Hall–Kier alpha value is -0.880. The van der Waals surface area contributed by atoms with Crippen molar-refractivity contribution in [3.05, 3.63) is 58.1 Å². The Morgan fingerprint density at radius 1 is 1.04 bits per heavy atom. The molecule has 1 saturated heterocycles. The molecule has 0 spiro atoms. The van der Waals surface area contributed by atoms with Gasteiger partial charge in [-0.1, -0.05) is 29.3 Å². The van der Waals surface area contributed by atoms with Crippen LogP contribution in [0.25, 0.3) is 0 Å². The highest BCUT2D eigenvalue weighted by atomic mass is 35.5. The van der Waals surface area contributed by atoms with Crippen LogP contribution in [0.15, 0.2) is 42.5 Å². The van der Waals surface area contributed by atoms with E-state index in [1.54, 1.807) is 0 Å². The highest BCUT2D eigenvalue weighted by Gasteiger charge is 2.20. The third kappa shape index (κ3) is 7.18. The molecule has 2 aromatic carbocycles. The molecule has 3 rings (SSSR count). The molecule has 0 amide bonds. The molecule has 1 unspecified atom stereocenters. The maximum atomic E-state index is 10.3. The van der Waals surface area contributed by atoms with Crippen molar-refractivity contribution in [3.8, 4) is 5.75 Å². The summed E-state index contributed by atoms with van der Waals surface area (Å²) in [4.78, 5) is 4.59. The molecule has 0 aliphatic carbocycles. The first-order valence-corrected chi connectivity index (χ1v) is 9.57. The molecule has 156 valence electrons. The first kappa shape index (κ1) is 25.2. The molecule has 0 bridgehead atoms. The molecule has 28 heavy (non-hydrogen) atoms. The first-order chi connectivity index (χ1) is 12.5. The number of hydrogen-bond donors (Lipinski definition) is 1. The maximum Gasteiger partial charge on any atom is 0.119 e. The third-order valence-corrected chi connectivity index (χ3v) is 5.25. The van der Waals surface area contributed by atoms with Crippen LogP contribution in [0.4, 0.5) is 5.69 Å². The SMILES string of the molecule is Cc1cc(OCC(O)CN2CCN(c3cccc(Cl)c3)CC2)ccc1Cl.Cl.Cl. The van der Waals surface area contributed by atoms with Gasteiger partial charge in [0.15, 0.2) is 0 Å². The van der Waals surface area contributed by atoms with Gasteiger partial charge in [-0.3, -0.25) is 4.90 Å². The van der Waals surface area contributed by atoms with Gasteiger partial charge in [-0.05, 0) is 48.9 Å². The second kappa shape index (κ2) is 12.0. The minimum Gasteiger partial charge on any atom is -0.491 e. The van der Waals surface area contributed by atoms with E-state index in [1.807, 2.05) is 43.3 Å². The van der Waals surface area contributed by atoms with E-state index in [1.165, 1.54) is 0 Å². The number of benzene rings is 2. The monoisotopic (exact) mass is 466 g/mol. The van der Waals surface area contributed by atoms with Crippen molar-refractivity contribution in [2.24, 2.45) is 0 Å². The standard InChI is InChI=1S/C20H24Cl2N2O2.2ClH/c1-15-11-19(5-6-20(15)22)26-14-18(25)13-23-7-9-24(10-8-23)17-4-2-3-16(21)12-17;;/h2-6,11-12,18,25H,7-10,13-14H2,1H3;2*1H. The summed E-state index contributed by atoms with van der Waals surface area (Å²) in [7, 11) is 0. The summed E-state index contributed by atoms with van der Waals surface area (Å²) in [6.45, 7) is 6.47. The van der Waals surface area contributed by atoms with Gasteiger partial charge < -0.3 is 14.7 Å². The van der Waals surface area contributed by atoms with E-state index < -0.39 is 6.10 Å². The molecule has 0 aromatic heterocycles. The number of rotatable bonds is 6. The van der Waals surface area contributed by atoms with Crippen LogP contribution in [0.1, 0.15) is 5.56 Å². The number of aliphatic hydroxyl groups is 1. The number of nitrogens with zero attached hydrogens (tertiary/aromatic N) is 2. The number of piperazine rings is 1. The van der Waals surface area contributed by atoms with E-state index in [4.69, 9.17) is 27.9 Å². The molecular formula is C20H26Cl4N2O2. The number of aryl methyl sites for hydroxylation is 1. The van der Waals surface area contributed by atoms with Crippen LogP contribution in [-0.2, 0) is 0 Å². The zero-order chi connectivity index (χ0) is 18.5. The highest BCUT2D eigenvalue weighted by Crippen LogP contribution is 2.22. The van der Waals surface area contributed by atoms with Gasteiger partial charge >= 0.3 is 0 Å². The second-order valence-electron chi connectivity index (χ2n) is 6.64. The Kier molecular flexibility index (Phi) is 10.7. The summed E-state index contributed by atoms with van der Waals surface area (Å²) >= 11 is 12.1. The van der Waals surface area contributed by atoms with Crippen LogP contribution in [0.5, 0.6) is 5.75 Å². The molecular weight excluding hydrogens is 442 g/mol. The highest BCUT2D eigenvalue weighted by molar-refractivity contribution is 6.31. The van der Waals surface area contributed by atoms with Crippen LogP contribution in [0, 0.1) is 6.92 Å². The lowest BCUT2D eigenvalue weighted by molar-refractivity contribution is 0.0663. The molecule has 1 aliphatic rings. The molecule has 1 aliphatic heterocycles. The van der Waals surface area contributed by atoms with Crippen molar-refractivity contribution in [2.45, 2.75) is 13.0 Å². The minimum atomic E-state index is -0.524. The number of anilines is 1. The fraction of sp³-hybridized carbons (Fsp3) is 0.400. The normalized spacial score (nSPS) is 15.4. The maximum absolute atomic E-state index is 10.3. The van der Waals surface area contributed by atoms with Gasteiger partial charge in [-0.2, -0.15) is 0 Å². The lowest BCUT2D eigenvalue weighted by Gasteiger charge is -2.36. The lowest BCUT2D eigenvalue weighted by atomic mass is 10.2. The summed E-state index contributed by atoms with van der Waals surface area (Å²) in [5.41, 5.74) is 2.12. The van der Waals surface area contributed by atoms with Gasteiger partial charge in [0.05, 0.1) is 0 Å². The van der Waals surface area contributed by atoms with E-state index in [0.717, 1.165) is 53.2 Å². The van der Waals surface area contributed by atoms with Crippen LogP contribution >= 0.6 is 48.0 Å². The predicted octanol–water partition coefficient (Wildman–Crippen LogP) is 4.71. The first-order valence-electron chi connectivity index (χ1n) is 8.81. The Morgan fingerprint density at radius 3 is 2.39 bits per heavy atom. The van der Waals surface area contributed by atoms with E-state index in [-0.39, 0.29) is 31.4 Å². The summed E-state index contributed by atoms with van der Waals surface area (Å²) in [5, 5.41) is 11.8. The van der Waals surface area contributed by atoms with Crippen molar-refractivity contribution in [1.29, 1.82) is 0 Å². The Morgan fingerprint density at radius 2 is 1.75 bits per heavy atom. The third-order valence-electron chi connectivity index (χ3n) is 4.59.